The van der Waals surface area contributed by atoms with Crippen molar-refractivity contribution < 1.29 is 4.79 Å². The van der Waals surface area contributed by atoms with Gasteiger partial charge >= 0.3 is 0 Å². The van der Waals surface area contributed by atoms with Crippen molar-refractivity contribution in [3.63, 3.8) is 0 Å². The Balaban J connectivity index is 1.48. The average molecular weight is 331 g/mol. The van der Waals surface area contributed by atoms with Crippen LogP contribution in [0.15, 0.2) is 24.5 Å². The quantitative estimate of drug-likeness (QED) is 0.898. The van der Waals surface area contributed by atoms with Gasteiger partial charge in [-0.1, -0.05) is 6.07 Å². The number of carbonyl (C=O) groups is 1. The van der Waals surface area contributed by atoms with E-state index in [9.17, 15) is 4.79 Å². The van der Waals surface area contributed by atoms with Crippen molar-refractivity contribution in [1.29, 1.82) is 0 Å². The molecule has 2 aromatic rings. The Labute approximate surface area is 139 Å². The first-order valence-electron chi connectivity index (χ1n) is 7.76. The van der Waals surface area contributed by atoms with Crippen LogP contribution in [0.3, 0.4) is 0 Å². The number of anilines is 2. The molecule has 0 aliphatic carbocycles. The second-order valence-corrected chi connectivity index (χ2v) is 7.07. The number of aryl methyl sites for hydroxylation is 1. The van der Waals surface area contributed by atoms with Crippen LogP contribution in [0.4, 0.5) is 10.9 Å². The number of nitrogen functional groups attached to an aromatic ring is 1. The van der Waals surface area contributed by atoms with Crippen molar-refractivity contribution in [2.24, 2.45) is 5.92 Å². The molecule has 1 amide bonds. The van der Waals surface area contributed by atoms with Gasteiger partial charge in [-0.05, 0) is 44.5 Å². The maximum Gasteiger partial charge on any atom is 0.228 e. The van der Waals surface area contributed by atoms with Crippen molar-refractivity contribution >= 4 is 28.2 Å². The molecule has 0 unspecified atom stereocenters. The minimum Gasteiger partial charge on any atom is -0.375 e. The van der Waals surface area contributed by atoms with Crippen molar-refractivity contribution in [1.82, 2.24) is 14.9 Å². The standard InChI is InChI=1S/C16H21N5OS/c1-11-2-3-14(18-8-11)20-15(22)12-4-6-21(7-5-12)10-13-9-19-16(17)23-13/h2-3,8-9,12H,4-7,10H2,1H3,(H2,17,19)(H,18,20,22). The second-order valence-electron chi connectivity index (χ2n) is 5.93. The van der Waals surface area contributed by atoms with Crippen LogP contribution in [0.5, 0.6) is 0 Å². The Morgan fingerprint density at radius 3 is 2.74 bits per heavy atom. The molecule has 0 spiro atoms. The Morgan fingerprint density at radius 1 is 1.35 bits per heavy atom. The van der Waals surface area contributed by atoms with Crippen molar-refractivity contribution in [2.75, 3.05) is 24.1 Å². The van der Waals surface area contributed by atoms with Gasteiger partial charge < -0.3 is 11.1 Å². The molecule has 0 aromatic carbocycles. The van der Waals surface area contributed by atoms with Crippen LogP contribution in [-0.2, 0) is 11.3 Å². The number of amides is 1. The molecule has 1 aliphatic rings. The van der Waals surface area contributed by atoms with E-state index in [1.807, 2.05) is 25.3 Å². The van der Waals surface area contributed by atoms with E-state index in [0.717, 1.165) is 38.0 Å². The van der Waals surface area contributed by atoms with E-state index in [1.54, 1.807) is 6.20 Å². The van der Waals surface area contributed by atoms with Gasteiger partial charge in [0.25, 0.3) is 0 Å². The van der Waals surface area contributed by atoms with E-state index >= 15 is 0 Å². The molecule has 6 nitrogen and oxygen atoms in total. The first kappa shape index (κ1) is 15.9. The summed E-state index contributed by atoms with van der Waals surface area (Å²) in [6, 6.07) is 3.79. The summed E-state index contributed by atoms with van der Waals surface area (Å²) < 4.78 is 0. The summed E-state index contributed by atoms with van der Waals surface area (Å²) in [5.74, 6) is 0.757. The number of nitrogens with one attached hydrogen (secondary N) is 1. The molecule has 2 aromatic heterocycles. The normalized spacial score (nSPS) is 16.4. The average Bonchev–Trinajstić information content (AvgIpc) is 2.95. The van der Waals surface area contributed by atoms with Crippen LogP contribution in [0.1, 0.15) is 23.3 Å². The molecule has 0 saturated carbocycles. The maximum absolute atomic E-state index is 12.3. The number of carbonyl (C=O) groups excluding carboxylic acids is 1. The third-order valence-electron chi connectivity index (χ3n) is 4.07. The third-order valence-corrected chi connectivity index (χ3v) is 4.88. The monoisotopic (exact) mass is 331 g/mol. The van der Waals surface area contributed by atoms with Crippen molar-refractivity contribution in [3.05, 3.63) is 35.0 Å². The van der Waals surface area contributed by atoms with Gasteiger partial charge in [-0.15, -0.1) is 11.3 Å². The number of nitrogens with two attached hydrogens (primary N) is 1. The highest BCUT2D eigenvalue weighted by molar-refractivity contribution is 7.15. The fourth-order valence-corrected chi connectivity index (χ4v) is 3.47. The van der Waals surface area contributed by atoms with Crippen LogP contribution in [-0.4, -0.2) is 33.9 Å². The number of nitrogens with zero attached hydrogens (tertiary/aromatic N) is 3. The Bertz CT molecular complexity index is 661. The number of aromatic nitrogens is 2. The highest BCUT2D eigenvalue weighted by Crippen LogP contribution is 2.23. The maximum atomic E-state index is 12.3. The minimum absolute atomic E-state index is 0.0564. The fraction of sp³-hybridized carbons (Fsp3) is 0.438. The summed E-state index contributed by atoms with van der Waals surface area (Å²) in [5.41, 5.74) is 6.74. The number of hydrogen-bond donors (Lipinski definition) is 2. The van der Waals surface area contributed by atoms with Crippen molar-refractivity contribution in [2.45, 2.75) is 26.3 Å². The zero-order chi connectivity index (χ0) is 16.2. The van der Waals surface area contributed by atoms with Crippen LogP contribution in [0, 0.1) is 12.8 Å². The number of likely N-dealkylation sites (tertiary alicyclic amines) is 1. The second kappa shape index (κ2) is 7.06. The number of rotatable bonds is 4. The Hall–Kier alpha value is -1.99. The molecule has 0 radical (unpaired) electrons. The smallest absolute Gasteiger partial charge is 0.228 e. The molecule has 23 heavy (non-hydrogen) atoms. The molecule has 122 valence electrons. The number of piperidine rings is 1. The molecule has 3 heterocycles. The molecule has 3 rings (SSSR count). The summed E-state index contributed by atoms with van der Waals surface area (Å²) >= 11 is 1.53. The lowest BCUT2D eigenvalue weighted by molar-refractivity contribution is -0.121. The van der Waals surface area contributed by atoms with Crippen LogP contribution in [0.25, 0.3) is 0 Å². The SMILES string of the molecule is Cc1ccc(NC(=O)C2CCN(Cc3cnc(N)s3)CC2)nc1. The minimum atomic E-state index is 0.0564. The largest absolute Gasteiger partial charge is 0.375 e. The van der Waals surface area contributed by atoms with E-state index in [1.165, 1.54) is 16.2 Å². The van der Waals surface area contributed by atoms with E-state index in [2.05, 4.69) is 20.2 Å². The van der Waals surface area contributed by atoms with E-state index in [-0.39, 0.29) is 11.8 Å². The van der Waals surface area contributed by atoms with Gasteiger partial charge in [-0.2, -0.15) is 0 Å². The Morgan fingerprint density at radius 2 is 2.13 bits per heavy atom. The van der Waals surface area contributed by atoms with E-state index in [0.29, 0.717) is 10.9 Å². The predicted octanol–water partition coefficient (Wildman–Crippen LogP) is 2.28. The van der Waals surface area contributed by atoms with Crippen LogP contribution >= 0.6 is 11.3 Å². The lowest BCUT2D eigenvalue weighted by Gasteiger charge is -2.30. The molecule has 0 bridgehead atoms. The fourth-order valence-electron chi connectivity index (χ4n) is 2.74. The number of thiazole rings is 1. The van der Waals surface area contributed by atoms with E-state index in [4.69, 9.17) is 5.73 Å². The molecule has 1 aliphatic heterocycles. The topological polar surface area (TPSA) is 84.1 Å². The van der Waals surface area contributed by atoms with Gasteiger partial charge in [-0.25, -0.2) is 9.97 Å². The number of pyridine rings is 1. The van der Waals surface area contributed by atoms with Gasteiger partial charge in [0.1, 0.15) is 5.82 Å². The molecular formula is C16H21N5OS. The lowest BCUT2D eigenvalue weighted by Crippen LogP contribution is -2.37. The van der Waals surface area contributed by atoms with Crippen molar-refractivity contribution in [3.8, 4) is 0 Å². The summed E-state index contributed by atoms with van der Waals surface area (Å²) in [5, 5.41) is 3.52. The Kier molecular flexibility index (Phi) is 4.88. The van der Waals surface area contributed by atoms with Gasteiger partial charge in [0, 0.05) is 29.7 Å². The zero-order valence-corrected chi connectivity index (χ0v) is 14.0. The summed E-state index contributed by atoms with van der Waals surface area (Å²) in [4.78, 5) is 24.2. The predicted molar refractivity (Wildman–Crippen MR) is 92.1 cm³/mol. The molecule has 0 atom stereocenters. The molecule has 1 saturated heterocycles. The first-order chi connectivity index (χ1) is 11.1. The molecule has 3 N–H and O–H groups in total. The van der Waals surface area contributed by atoms with E-state index < -0.39 is 0 Å². The van der Waals surface area contributed by atoms with Gasteiger partial charge in [0.2, 0.25) is 5.91 Å². The molecule has 1 fully saturated rings. The summed E-state index contributed by atoms with van der Waals surface area (Å²) in [6.45, 7) is 4.67. The van der Waals surface area contributed by atoms with Gasteiger partial charge in [0.05, 0.1) is 0 Å². The molecular weight excluding hydrogens is 310 g/mol. The highest BCUT2D eigenvalue weighted by atomic mass is 32.1. The van der Waals surface area contributed by atoms with Gasteiger partial charge in [-0.3, -0.25) is 9.69 Å². The highest BCUT2D eigenvalue weighted by Gasteiger charge is 2.25. The van der Waals surface area contributed by atoms with Gasteiger partial charge in [0.15, 0.2) is 5.13 Å². The first-order valence-corrected chi connectivity index (χ1v) is 8.58. The number of hydrogen-bond acceptors (Lipinski definition) is 6. The summed E-state index contributed by atoms with van der Waals surface area (Å²) in [7, 11) is 0. The van der Waals surface area contributed by atoms with Crippen LogP contribution < -0.4 is 11.1 Å². The lowest BCUT2D eigenvalue weighted by atomic mass is 9.96. The third kappa shape index (κ3) is 4.27. The van der Waals surface area contributed by atoms with Crippen LogP contribution in [0.2, 0.25) is 0 Å². The molecule has 7 heteroatoms. The summed E-state index contributed by atoms with van der Waals surface area (Å²) in [6.07, 6.45) is 5.33. The zero-order valence-electron chi connectivity index (χ0n) is 13.2.